The molecule has 18 heavy (non-hydrogen) atoms. The van der Waals surface area contributed by atoms with Gasteiger partial charge in [0.25, 0.3) is 0 Å². The maximum absolute atomic E-state index is 8.71. The van der Waals surface area contributed by atoms with Crippen LogP contribution in [0.1, 0.15) is 17.7 Å². The summed E-state index contributed by atoms with van der Waals surface area (Å²) in [5.41, 5.74) is 3.30. The molecule has 4 heteroatoms. The Kier molecular flexibility index (Phi) is 4.50. The molecule has 0 spiro atoms. The number of hydrogen-bond donors (Lipinski definition) is 2. The first kappa shape index (κ1) is 12.8. The van der Waals surface area contributed by atoms with Crippen molar-refractivity contribution in [3.05, 3.63) is 47.8 Å². The summed E-state index contributed by atoms with van der Waals surface area (Å²) in [5, 5.41) is 16.5. The normalized spacial score (nSPS) is 10.8. The highest BCUT2D eigenvalue weighted by Gasteiger charge is 2.05. The van der Waals surface area contributed by atoms with Crippen molar-refractivity contribution in [1.82, 2.24) is 15.1 Å². The van der Waals surface area contributed by atoms with Crippen LogP contribution in [0.4, 0.5) is 0 Å². The maximum Gasteiger partial charge on any atom is 0.0645 e. The largest absolute Gasteiger partial charge is 0.396 e. The average Bonchev–Trinajstić information content (AvgIpc) is 2.77. The summed E-state index contributed by atoms with van der Waals surface area (Å²) < 4.78 is 1.90. The Morgan fingerprint density at radius 2 is 2.06 bits per heavy atom. The highest BCUT2D eigenvalue weighted by molar-refractivity contribution is 5.32. The molecule has 4 nitrogen and oxygen atoms in total. The number of nitrogens with zero attached hydrogens (tertiary/aromatic N) is 2. The van der Waals surface area contributed by atoms with E-state index in [1.165, 1.54) is 5.56 Å². The predicted molar refractivity (Wildman–Crippen MR) is 71.7 cm³/mol. The summed E-state index contributed by atoms with van der Waals surface area (Å²) >= 11 is 0. The minimum absolute atomic E-state index is 0.231. The number of aliphatic hydroxyl groups excluding tert-OH is 1. The zero-order chi connectivity index (χ0) is 12.8. The lowest BCUT2D eigenvalue weighted by Crippen LogP contribution is -2.15. The van der Waals surface area contributed by atoms with Gasteiger partial charge in [-0.2, -0.15) is 5.10 Å². The number of nitrogens with one attached hydrogen (secondary N) is 1. The molecule has 0 aliphatic rings. The summed E-state index contributed by atoms with van der Waals surface area (Å²) in [6, 6.07) is 10.1. The zero-order valence-corrected chi connectivity index (χ0v) is 10.6. The molecule has 0 aliphatic heterocycles. The molecule has 1 aromatic carbocycles. The number of hydrogen-bond acceptors (Lipinski definition) is 3. The minimum Gasteiger partial charge on any atom is -0.396 e. The molecule has 2 rings (SSSR count). The van der Waals surface area contributed by atoms with E-state index in [1.54, 1.807) is 0 Å². The van der Waals surface area contributed by atoms with Crippen LogP contribution in [-0.2, 0) is 6.54 Å². The lowest BCUT2D eigenvalue weighted by Gasteiger charge is -2.01. The molecule has 1 heterocycles. The summed E-state index contributed by atoms with van der Waals surface area (Å²) in [5.74, 6) is 0. The third-order valence-corrected chi connectivity index (χ3v) is 2.85. The third kappa shape index (κ3) is 3.18. The molecule has 0 unspecified atom stereocenters. The predicted octanol–water partition coefficient (Wildman–Crippen LogP) is 1.65. The maximum atomic E-state index is 8.71. The molecule has 0 saturated carbocycles. The van der Waals surface area contributed by atoms with Gasteiger partial charge in [0.15, 0.2) is 0 Å². The summed E-state index contributed by atoms with van der Waals surface area (Å²) in [6.07, 6.45) is 2.84. The van der Waals surface area contributed by atoms with E-state index in [9.17, 15) is 0 Å². The number of aromatic nitrogens is 2. The number of para-hydroxylation sites is 1. The van der Waals surface area contributed by atoms with Crippen molar-refractivity contribution >= 4 is 0 Å². The molecule has 0 saturated heterocycles. The van der Waals surface area contributed by atoms with E-state index in [1.807, 2.05) is 41.9 Å². The van der Waals surface area contributed by atoms with Crippen molar-refractivity contribution in [2.24, 2.45) is 0 Å². The van der Waals surface area contributed by atoms with E-state index in [4.69, 9.17) is 5.11 Å². The molecule has 0 fully saturated rings. The first-order valence-corrected chi connectivity index (χ1v) is 6.23. The van der Waals surface area contributed by atoms with Gasteiger partial charge < -0.3 is 10.4 Å². The van der Waals surface area contributed by atoms with E-state index in [-0.39, 0.29) is 6.61 Å². The highest BCUT2D eigenvalue weighted by Crippen LogP contribution is 2.11. The molecule has 2 aromatic rings. The van der Waals surface area contributed by atoms with E-state index in [2.05, 4.69) is 16.6 Å². The lowest BCUT2D eigenvalue weighted by molar-refractivity contribution is 0.286. The summed E-state index contributed by atoms with van der Waals surface area (Å²) in [4.78, 5) is 0. The van der Waals surface area contributed by atoms with Gasteiger partial charge >= 0.3 is 0 Å². The van der Waals surface area contributed by atoms with Gasteiger partial charge in [0.05, 0.1) is 11.4 Å². The Morgan fingerprint density at radius 3 is 2.78 bits per heavy atom. The molecule has 0 atom stereocenters. The molecule has 96 valence electrons. The van der Waals surface area contributed by atoms with Gasteiger partial charge in [-0.15, -0.1) is 0 Å². The highest BCUT2D eigenvalue weighted by atomic mass is 16.3. The topological polar surface area (TPSA) is 50.1 Å². The SMILES string of the molecule is Cc1nn(-c2ccccc2)cc1CNCCCO. The van der Waals surface area contributed by atoms with Crippen molar-refractivity contribution in [1.29, 1.82) is 0 Å². The van der Waals surface area contributed by atoms with Gasteiger partial charge in [-0.05, 0) is 32.0 Å². The standard InChI is InChI=1S/C14H19N3O/c1-12-13(10-15-8-5-9-18)11-17(16-12)14-6-3-2-4-7-14/h2-4,6-7,11,15,18H,5,8-10H2,1H3. The monoisotopic (exact) mass is 245 g/mol. The molecule has 2 N–H and O–H groups in total. The average molecular weight is 245 g/mol. The molecular weight excluding hydrogens is 226 g/mol. The van der Waals surface area contributed by atoms with Crippen LogP contribution in [0.15, 0.2) is 36.5 Å². The molecule has 1 aromatic heterocycles. The van der Waals surface area contributed by atoms with Crippen molar-refractivity contribution in [3.8, 4) is 5.69 Å². The summed E-state index contributed by atoms with van der Waals surface area (Å²) in [6.45, 7) is 3.86. The van der Waals surface area contributed by atoms with Crippen LogP contribution in [0.2, 0.25) is 0 Å². The van der Waals surface area contributed by atoms with Gasteiger partial charge in [0, 0.05) is 24.9 Å². The number of aryl methyl sites for hydroxylation is 1. The zero-order valence-electron chi connectivity index (χ0n) is 10.6. The van der Waals surface area contributed by atoms with Crippen LogP contribution in [0, 0.1) is 6.92 Å². The molecule has 0 aliphatic carbocycles. The fraction of sp³-hybridized carbons (Fsp3) is 0.357. The van der Waals surface area contributed by atoms with Crippen LogP contribution in [0.25, 0.3) is 5.69 Å². The fourth-order valence-electron chi connectivity index (χ4n) is 1.81. The Hall–Kier alpha value is -1.65. The number of rotatable bonds is 6. The van der Waals surface area contributed by atoms with Gasteiger partial charge in [0.2, 0.25) is 0 Å². The van der Waals surface area contributed by atoms with Crippen molar-refractivity contribution in [3.63, 3.8) is 0 Å². The molecular formula is C14H19N3O. The number of aliphatic hydroxyl groups is 1. The first-order chi connectivity index (χ1) is 8.81. The molecule has 0 bridgehead atoms. The second-order valence-electron chi connectivity index (χ2n) is 4.27. The smallest absolute Gasteiger partial charge is 0.0645 e. The van der Waals surface area contributed by atoms with E-state index < -0.39 is 0 Å². The number of benzene rings is 1. The van der Waals surface area contributed by atoms with Gasteiger partial charge in [-0.1, -0.05) is 18.2 Å². The van der Waals surface area contributed by atoms with Crippen LogP contribution in [0.3, 0.4) is 0 Å². The van der Waals surface area contributed by atoms with E-state index >= 15 is 0 Å². The van der Waals surface area contributed by atoms with Crippen LogP contribution < -0.4 is 5.32 Å². The van der Waals surface area contributed by atoms with Gasteiger partial charge in [-0.25, -0.2) is 4.68 Å². The Morgan fingerprint density at radius 1 is 1.28 bits per heavy atom. The van der Waals surface area contributed by atoms with Crippen LogP contribution in [-0.4, -0.2) is 28.0 Å². The summed E-state index contributed by atoms with van der Waals surface area (Å²) in [7, 11) is 0. The Bertz CT molecular complexity index is 479. The van der Waals surface area contributed by atoms with Gasteiger partial charge in [0.1, 0.15) is 0 Å². The van der Waals surface area contributed by atoms with Crippen LogP contribution >= 0.6 is 0 Å². The third-order valence-electron chi connectivity index (χ3n) is 2.85. The second-order valence-corrected chi connectivity index (χ2v) is 4.27. The van der Waals surface area contributed by atoms with Crippen molar-refractivity contribution in [2.45, 2.75) is 19.9 Å². The van der Waals surface area contributed by atoms with E-state index in [0.29, 0.717) is 0 Å². The van der Waals surface area contributed by atoms with Crippen molar-refractivity contribution < 1.29 is 5.11 Å². The van der Waals surface area contributed by atoms with E-state index in [0.717, 1.165) is 30.9 Å². The Balaban J connectivity index is 2.03. The van der Waals surface area contributed by atoms with Crippen LogP contribution in [0.5, 0.6) is 0 Å². The quantitative estimate of drug-likeness (QED) is 0.761. The Labute approximate surface area is 107 Å². The minimum atomic E-state index is 0.231. The van der Waals surface area contributed by atoms with Crippen molar-refractivity contribution in [2.75, 3.05) is 13.2 Å². The fourth-order valence-corrected chi connectivity index (χ4v) is 1.81. The van der Waals surface area contributed by atoms with Gasteiger partial charge in [-0.3, -0.25) is 0 Å². The lowest BCUT2D eigenvalue weighted by atomic mass is 10.2. The second kappa shape index (κ2) is 6.33. The first-order valence-electron chi connectivity index (χ1n) is 6.23. The molecule has 0 amide bonds. The molecule has 0 radical (unpaired) electrons.